The highest BCUT2D eigenvalue weighted by Crippen LogP contribution is 1.98. The Hall–Kier alpha value is -2.60. The van der Waals surface area contributed by atoms with E-state index in [9.17, 15) is 0 Å². The van der Waals surface area contributed by atoms with Crippen molar-refractivity contribution in [3.63, 3.8) is 0 Å². The van der Waals surface area contributed by atoms with E-state index in [0.717, 1.165) is 12.8 Å². The molecule has 0 saturated carbocycles. The zero-order valence-electron chi connectivity index (χ0n) is 13.7. The highest BCUT2D eigenvalue weighted by Gasteiger charge is 1.78. The first-order valence-electron chi connectivity index (χ1n) is 8.15. The van der Waals surface area contributed by atoms with Crippen molar-refractivity contribution in [3.8, 4) is 0 Å². The fraction of sp³-hybridized carbons (Fsp3) is 0.130. The van der Waals surface area contributed by atoms with Crippen LogP contribution in [0.4, 0.5) is 0 Å². The second-order valence-electron chi connectivity index (χ2n) is 4.87. The van der Waals surface area contributed by atoms with Gasteiger partial charge in [0.2, 0.25) is 0 Å². The molecule has 23 heavy (non-hydrogen) atoms. The van der Waals surface area contributed by atoms with Crippen LogP contribution in [0.1, 0.15) is 19.3 Å². The minimum absolute atomic E-state index is 1.12. The molecule has 1 aliphatic carbocycles. The minimum Gasteiger partial charge on any atom is -0.0845 e. The van der Waals surface area contributed by atoms with Gasteiger partial charge in [-0.25, -0.2) is 0 Å². The molecule has 0 fully saturated rings. The highest BCUT2D eigenvalue weighted by molar-refractivity contribution is 5.22. The standard InChI is InChI=1S/C23H26/c1-2-4-6-8-10-12-14-16-18-20-22-23-21-19-17-15-13-11-9-7-5-3-1/h1-20H,21-23H2/b3-1-,4-2-,7-5-,8-6-,11-9-,12-10-,15-13-,16-14-,19-17-,20-18?. The normalized spacial score (nSPS) is 29.6. The fourth-order valence-electron chi connectivity index (χ4n) is 1.73. The molecular formula is C23H26. The van der Waals surface area contributed by atoms with E-state index in [2.05, 4.69) is 36.5 Å². The summed E-state index contributed by atoms with van der Waals surface area (Å²) in [7, 11) is 0. The molecule has 0 amide bonds. The van der Waals surface area contributed by atoms with E-state index in [1.165, 1.54) is 6.42 Å². The van der Waals surface area contributed by atoms with Gasteiger partial charge in [0.25, 0.3) is 0 Å². The molecule has 0 unspecified atom stereocenters. The van der Waals surface area contributed by atoms with Crippen LogP contribution in [-0.2, 0) is 0 Å². The van der Waals surface area contributed by atoms with Crippen LogP contribution in [0.3, 0.4) is 0 Å². The molecule has 0 N–H and O–H groups in total. The van der Waals surface area contributed by atoms with Crippen molar-refractivity contribution in [3.05, 3.63) is 122 Å². The number of hydrogen-bond donors (Lipinski definition) is 0. The molecular weight excluding hydrogens is 276 g/mol. The minimum atomic E-state index is 1.12. The van der Waals surface area contributed by atoms with E-state index < -0.39 is 0 Å². The van der Waals surface area contributed by atoms with Gasteiger partial charge in [0.1, 0.15) is 0 Å². The van der Waals surface area contributed by atoms with Crippen molar-refractivity contribution in [2.75, 3.05) is 0 Å². The zero-order valence-corrected chi connectivity index (χ0v) is 13.7. The van der Waals surface area contributed by atoms with Gasteiger partial charge in [-0.1, -0.05) is 122 Å². The summed E-state index contributed by atoms with van der Waals surface area (Å²) in [5, 5.41) is 0. The van der Waals surface area contributed by atoms with Crippen molar-refractivity contribution in [1.29, 1.82) is 0 Å². The van der Waals surface area contributed by atoms with E-state index >= 15 is 0 Å². The number of allylic oxidation sites excluding steroid dienone is 20. The third kappa shape index (κ3) is 14.1. The van der Waals surface area contributed by atoms with Gasteiger partial charge < -0.3 is 0 Å². The van der Waals surface area contributed by atoms with Gasteiger partial charge in [0, 0.05) is 0 Å². The van der Waals surface area contributed by atoms with Crippen molar-refractivity contribution >= 4 is 0 Å². The second kappa shape index (κ2) is 15.8. The fourth-order valence-corrected chi connectivity index (χ4v) is 1.73. The first-order valence-corrected chi connectivity index (χ1v) is 8.15. The van der Waals surface area contributed by atoms with E-state index in [1.54, 1.807) is 0 Å². The summed E-state index contributed by atoms with van der Waals surface area (Å²) in [5.41, 5.74) is 0. The van der Waals surface area contributed by atoms with Gasteiger partial charge in [-0.2, -0.15) is 0 Å². The monoisotopic (exact) mass is 302 g/mol. The lowest BCUT2D eigenvalue weighted by molar-refractivity contribution is 0.868. The van der Waals surface area contributed by atoms with Gasteiger partial charge in [0.05, 0.1) is 0 Å². The van der Waals surface area contributed by atoms with Crippen LogP contribution < -0.4 is 0 Å². The molecule has 118 valence electrons. The van der Waals surface area contributed by atoms with Gasteiger partial charge in [-0.15, -0.1) is 0 Å². The molecule has 0 spiro atoms. The smallest absolute Gasteiger partial charge is 0.0345 e. The lowest BCUT2D eigenvalue weighted by Gasteiger charge is -1.88. The Bertz CT molecular complexity index is 515. The summed E-state index contributed by atoms with van der Waals surface area (Å²) < 4.78 is 0. The van der Waals surface area contributed by atoms with Crippen LogP contribution in [-0.4, -0.2) is 0 Å². The Labute approximate surface area is 141 Å². The molecule has 0 bridgehead atoms. The molecule has 0 aromatic heterocycles. The molecule has 0 saturated heterocycles. The Balaban J connectivity index is 2.56. The maximum absolute atomic E-state index is 2.21. The SMILES string of the molecule is C1=CCCC\C=C/C=C\C=C/C=C\C=C/C=C\C=C/C=C\C=C/1. The third-order valence-corrected chi connectivity index (χ3v) is 2.90. The Morgan fingerprint density at radius 2 is 0.478 bits per heavy atom. The van der Waals surface area contributed by atoms with Crippen molar-refractivity contribution in [2.24, 2.45) is 0 Å². The zero-order chi connectivity index (χ0) is 16.3. The first kappa shape index (κ1) is 18.4. The number of hydrogen-bond acceptors (Lipinski definition) is 0. The molecule has 0 aromatic carbocycles. The Morgan fingerprint density at radius 1 is 0.261 bits per heavy atom. The van der Waals surface area contributed by atoms with Crippen LogP contribution in [0, 0.1) is 0 Å². The van der Waals surface area contributed by atoms with Crippen molar-refractivity contribution < 1.29 is 0 Å². The average molecular weight is 302 g/mol. The largest absolute Gasteiger partial charge is 0.0845 e. The van der Waals surface area contributed by atoms with E-state index in [0.29, 0.717) is 0 Å². The summed E-state index contributed by atoms with van der Waals surface area (Å²) in [6, 6.07) is 0. The molecule has 1 aliphatic rings. The van der Waals surface area contributed by atoms with Crippen LogP contribution in [0.25, 0.3) is 0 Å². The van der Waals surface area contributed by atoms with E-state index in [4.69, 9.17) is 0 Å². The van der Waals surface area contributed by atoms with E-state index in [1.807, 2.05) is 85.1 Å². The summed E-state index contributed by atoms with van der Waals surface area (Å²) in [5.74, 6) is 0. The van der Waals surface area contributed by atoms with Gasteiger partial charge in [0.15, 0.2) is 0 Å². The van der Waals surface area contributed by atoms with Crippen LogP contribution in [0.5, 0.6) is 0 Å². The van der Waals surface area contributed by atoms with Crippen LogP contribution in [0.15, 0.2) is 122 Å². The molecule has 1 rings (SSSR count). The van der Waals surface area contributed by atoms with Crippen molar-refractivity contribution in [2.45, 2.75) is 19.3 Å². The Morgan fingerprint density at radius 3 is 0.739 bits per heavy atom. The molecule has 0 aromatic rings. The highest BCUT2D eigenvalue weighted by atomic mass is 13.8. The third-order valence-electron chi connectivity index (χ3n) is 2.90. The lowest BCUT2D eigenvalue weighted by Crippen LogP contribution is -1.68. The van der Waals surface area contributed by atoms with Crippen LogP contribution >= 0.6 is 0 Å². The van der Waals surface area contributed by atoms with Gasteiger partial charge in [-0.3, -0.25) is 0 Å². The number of rotatable bonds is 0. The second-order valence-corrected chi connectivity index (χ2v) is 4.87. The average Bonchev–Trinajstić information content (AvgIpc) is 2.56. The maximum Gasteiger partial charge on any atom is -0.0345 e. The molecule has 0 heterocycles. The summed E-state index contributed by atoms with van der Waals surface area (Å²) in [6.45, 7) is 0. The van der Waals surface area contributed by atoms with Crippen LogP contribution in [0.2, 0.25) is 0 Å². The molecule has 0 radical (unpaired) electrons. The Kier molecular flexibility index (Phi) is 12.7. The van der Waals surface area contributed by atoms with Gasteiger partial charge in [-0.05, 0) is 19.3 Å². The summed E-state index contributed by atoms with van der Waals surface area (Å²) in [4.78, 5) is 0. The molecule has 0 heteroatoms. The summed E-state index contributed by atoms with van der Waals surface area (Å²) in [6.07, 6.45) is 44.5. The first-order chi connectivity index (χ1) is 11.5. The topological polar surface area (TPSA) is 0 Å². The lowest BCUT2D eigenvalue weighted by atomic mass is 10.2. The molecule has 0 aliphatic heterocycles. The predicted molar refractivity (Wildman–Crippen MR) is 105 cm³/mol. The quantitative estimate of drug-likeness (QED) is 0.465. The maximum atomic E-state index is 2.21. The van der Waals surface area contributed by atoms with Gasteiger partial charge >= 0.3 is 0 Å². The predicted octanol–water partition coefficient (Wildman–Crippen LogP) is 6.73. The molecule has 0 nitrogen and oxygen atoms in total. The van der Waals surface area contributed by atoms with Crippen molar-refractivity contribution in [1.82, 2.24) is 0 Å². The van der Waals surface area contributed by atoms with E-state index in [-0.39, 0.29) is 0 Å². The molecule has 0 atom stereocenters. The summed E-state index contributed by atoms with van der Waals surface area (Å²) >= 11 is 0.